The molecule has 0 bridgehead atoms. The average molecular weight is 267 g/mol. The Hall–Kier alpha value is -1.06. The molecule has 4 heteroatoms. The van der Waals surface area contributed by atoms with Gasteiger partial charge in [0, 0.05) is 22.7 Å². The van der Waals surface area contributed by atoms with Gasteiger partial charge in [-0.05, 0) is 50.1 Å². The molecule has 0 radical (unpaired) electrons. The first kappa shape index (κ1) is 13.4. The number of hydrogen-bond donors (Lipinski definition) is 2. The van der Waals surface area contributed by atoms with Gasteiger partial charge in [0.05, 0.1) is 0 Å². The molecule has 3 atom stereocenters. The van der Waals surface area contributed by atoms with E-state index < -0.39 is 0 Å². The summed E-state index contributed by atoms with van der Waals surface area (Å²) in [4.78, 5) is 12.1. The van der Waals surface area contributed by atoms with Crippen molar-refractivity contribution in [2.24, 2.45) is 5.92 Å². The topological polar surface area (TPSA) is 41.1 Å². The molecule has 3 unspecified atom stereocenters. The third-order valence-electron chi connectivity index (χ3n) is 3.62. The number of carbonyl (C=O) groups is 1. The first-order valence-corrected chi connectivity index (χ1v) is 6.75. The van der Waals surface area contributed by atoms with Gasteiger partial charge in [-0.1, -0.05) is 18.5 Å². The van der Waals surface area contributed by atoms with Gasteiger partial charge >= 0.3 is 0 Å². The number of amides is 1. The SMILES string of the molecule is CC1CCNC(C)C1NC(=O)c1ccc(Cl)cc1. The molecule has 1 heterocycles. The number of benzene rings is 1. The van der Waals surface area contributed by atoms with Crippen molar-refractivity contribution in [1.29, 1.82) is 0 Å². The molecule has 1 fully saturated rings. The number of halogens is 1. The Morgan fingerprint density at radius 2 is 2.00 bits per heavy atom. The van der Waals surface area contributed by atoms with Crippen LogP contribution in [0, 0.1) is 5.92 Å². The van der Waals surface area contributed by atoms with Crippen molar-refractivity contribution in [2.45, 2.75) is 32.4 Å². The zero-order valence-corrected chi connectivity index (χ0v) is 11.5. The van der Waals surface area contributed by atoms with Gasteiger partial charge in [-0.2, -0.15) is 0 Å². The fraction of sp³-hybridized carbons (Fsp3) is 0.500. The normalized spacial score (nSPS) is 27.8. The maximum Gasteiger partial charge on any atom is 0.251 e. The highest BCUT2D eigenvalue weighted by molar-refractivity contribution is 6.30. The van der Waals surface area contributed by atoms with E-state index >= 15 is 0 Å². The molecule has 0 aliphatic carbocycles. The summed E-state index contributed by atoms with van der Waals surface area (Å²) in [5.74, 6) is 0.469. The molecule has 0 spiro atoms. The van der Waals surface area contributed by atoms with Crippen LogP contribution in [0.2, 0.25) is 5.02 Å². The molecule has 1 saturated heterocycles. The third-order valence-corrected chi connectivity index (χ3v) is 3.87. The smallest absolute Gasteiger partial charge is 0.251 e. The van der Waals surface area contributed by atoms with Crippen molar-refractivity contribution in [2.75, 3.05) is 6.54 Å². The molecule has 1 aromatic carbocycles. The molecule has 1 aliphatic rings. The van der Waals surface area contributed by atoms with Crippen molar-refractivity contribution in [3.05, 3.63) is 34.9 Å². The maximum absolute atomic E-state index is 12.1. The molecule has 1 amide bonds. The van der Waals surface area contributed by atoms with Crippen molar-refractivity contribution in [3.63, 3.8) is 0 Å². The van der Waals surface area contributed by atoms with Crippen LogP contribution in [0.4, 0.5) is 0 Å². The van der Waals surface area contributed by atoms with Crippen LogP contribution in [0.5, 0.6) is 0 Å². The second-order valence-electron chi connectivity index (χ2n) is 5.01. The lowest BCUT2D eigenvalue weighted by Gasteiger charge is -2.36. The lowest BCUT2D eigenvalue weighted by Crippen LogP contribution is -2.55. The van der Waals surface area contributed by atoms with Gasteiger partial charge in [0.2, 0.25) is 0 Å². The molecule has 0 saturated carbocycles. The van der Waals surface area contributed by atoms with E-state index in [1.165, 1.54) is 0 Å². The second kappa shape index (κ2) is 5.72. The standard InChI is InChI=1S/C14H19ClN2O/c1-9-7-8-16-10(2)13(9)17-14(18)11-3-5-12(15)6-4-11/h3-6,9-10,13,16H,7-8H2,1-2H3,(H,17,18). The van der Waals surface area contributed by atoms with E-state index in [1.54, 1.807) is 24.3 Å². The van der Waals surface area contributed by atoms with Crippen LogP contribution in [0.3, 0.4) is 0 Å². The summed E-state index contributed by atoms with van der Waals surface area (Å²) in [6.07, 6.45) is 1.09. The molecular formula is C14H19ClN2O. The summed E-state index contributed by atoms with van der Waals surface area (Å²) >= 11 is 5.81. The Bertz CT molecular complexity index is 408. The Balaban J connectivity index is 2.04. The largest absolute Gasteiger partial charge is 0.347 e. The Labute approximate surface area is 113 Å². The zero-order chi connectivity index (χ0) is 13.1. The number of rotatable bonds is 2. The van der Waals surface area contributed by atoms with Crippen LogP contribution >= 0.6 is 11.6 Å². The molecule has 2 rings (SSSR count). The van der Waals surface area contributed by atoms with Gasteiger partial charge in [0.25, 0.3) is 5.91 Å². The summed E-state index contributed by atoms with van der Waals surface area (Å²) in [7, 11) is 0. The monoisotopic (exact) mass is 266 g/mol. The second-order valence-corrected chi connectivity index (χ2v) is 5.45. The van der Waals surface area contributed by atoms with E-state index in [1.807, 2.05) is 0 Å². The minimum Gasteiger partial charge on any atom is -0.347 e. The van der Waals surface area contributed by atoms with Gasteiger partial charge in [-0.15, -0.1) is 0 Å². The maximum atomic E-state index is 12.1. The van der Waals surface area contributed by atoms with Gasteiger partial charge in [0.1, 0.15) is 0 Å². The molecular weight excluding hydrogens is 248 g/mol. The number of nitrogens with one attached hydrogen (secondary N) is 2. The summed E-state index contributed by atoms with van der Waals surface area (Å²) in [5.41, 5.74) is 0.657. The minimum atomic E-state index is -0.0286. The first-order valence-electron chi connectivity index (χ1n) is 6.37. The average Bonchev–Trinajstić information content (AvgIpc) is 2.34. The van der Waals surface area contributed by atoms with Crippen LogP contribution in [0.25, 0.3) is 0 Å². The van der Waals surface area contributed by atoms with Crippen molar-refractivity contribution in [3.8, 4) is 0 Å². The predicted octanol–water partition coefficient (Wildman–Crippen LogP) is 2.46. The quantitative estimate of drug-likeness (QED) is 0.863. The zero-order valence-electron chi connectivity index (χ0n) is 10.7. The van der Waals surface area contributed by atoms with Crippen LogP contribution < -0.4 is 10.6 Å². The summed E-state index contributed by atoms with van der Waals surface area (Å²) in [6.45, 7) is 5.32. The molecule has 1 aromatic rings. The van der Waals surface area contributed by atoms with E-state index in [4.69, 9.17) is 11.6 Å². The van der Waals surface area contributed by atoms with Crippen molar-refractivity contribution in [1.82, 2.24) is 10.6 Å². The summed E-state index contributed by atoms with van der Waals surface area (Å²) in [6, 6.07) is 7.48. The van der Waals surface area contributed by atoms with Crippen LogP contribution in [0.15, 0.2) is 24.3 Å². The van der Waals surface area contributed by atoms with E-state index in [9.17, 15) is 4.79 Å². The molecule has 0 aromatic heterocycles. The molecule has 1 aliphatic heterocycles. The van der Waals surface area contributed by atoms with Crippen LogP contribution in [-0.4, -0.2) is 24.5 Å². The first-order chi connectivity index (χ1) is 8.58. The van der Waals surface area contributed by atoms with E-state index in [0.717, 1.165) is 13.0 Å². The Kier molecular flexibility index (Phi) is 4.25. The highest BCUT2D eigenvalue weighted by Crippen LogP contribution is 2.17. The van der Waals surface area contributed by atoms with Crippen molar-refractivity contribution < 1.29 is 4.79 Å². The van der Waals surface area contributed by atoms with Crippen LogP contribution in [0.1, 0.15) is 30.6 Å². The lowest BCUT2D eigenvalue weighted by molar-refractivity contribution is 0.0897. The summed E-state index contributed by atoms with van der Waals surface area (Å²) in [5, 5.41) is 7.15. The lowest BCUT2D eigenvalue weighted by atomic mass is 9.89. The molecule has 98 valence electrons. The summed E-state index contributed by atoms with van der Waals surface area (Å²) < 4.78 is 0. The van der Waals surface area contributed by atoms with Gasteiger partial charge in [-0.25, -0.2) is 0 Å². The Morgan fingerprint density at radius 1 is 1.33 bits per heavy atom. The molecule has 2 N–H and O–H groups in total. The highest BCUT2D eigenvalue weighted by Gasteiger charge is 2.28. The predicted molar refractivity (Wildman–Crippen MR) is 74.0 cm³/mol. The van der Waals surface area contributed by atoms with E-state index in [-0.39, 0.29) is 11.9 Å². The Morgan fingerprint density at radius 3 is 2.61 bits per heavy atom. The van der Waals surface area contributed by atoms with E-state index in [0.29, 0.717) is 22.5 Å². The minimum absolute atomic E-state index is 0.0286. The fourth-order valence-corrected chi connectivity index (χ4v) is 2.57. The number of hydrogen-bond acceptors (Lipinski definition) is 2. The third kappa shape index (κ3) is 3.03. The van der Waals surface area contributed by atoms with Gasteiger partial charge in [-0.3, -0.25) is 4.79 Å². The van der Waals surface area contributed by atoms with E-state index in [2.05, 4.69) is 24.5 Å². The number of piperidine rings is 1. The van der Waals surface area contributed by atoms with Crippen LogP contribution in [-0.2, 0) is 0 Å². The van der Waals surface area contributed by atoms with Gasteiger partial charge < -0.3 is 10.6 Å². The van der Waals surface area contributed by atoms with Crippen molar-refractivity contribution >= 4 is 17.5 Å². The highest BCUT2D eigenvalue weighted by atomic mass is 35.5. The fourth-order valence-electron chi connectivity index (χ4n) is 2.44. The molecule has 3 nitrogen and oxygen atoms in total. The van der Waals surface area contributed by atoms with Gasteiger partial charge in [0.15, 0.2) is 0 Å². The number of carbonyl (C=O) groups excluding carboxylic acids is 1. The molecule has 18 heavy (non-hydrogen) atoms.